The lowest BCUT2D eigenvalue weighted by molar-refractivity contribution is 0.00578. The van der Waals surface area contributed by atoms with Gasteiger partial charge in [0.1, 0.15) is 0 Å². The largest absolute Gasteiger partial charge is 0.496 e. The van der Waals surface area contributed by atoms with Crippen LogP contribution in [-0.4, -0.2) is 30.3 Å². The first-order valence-corrected chi connectivity index (χ1v) is 5.52. The Morgan fingerprint density at radius 1 is 1.33 bits per heavy atom. The van der Waals surface area contributed by atoms with Gasteiger partial charge in [-0.1, -0.05) is 6.04 Å². The van der Waals surface area contributed by atoms with Crippen LogP contribution in [0.4, 0.5) is 0 Å². The van der Waals surface area contributed by atoms with E-state index in [0.717, 1.165) is 0 Å². The summed E-state index contributed by atoms with van der Waals surface area (Å²) >= 11 is 0. The molecule has 1 aliphatic rings. The predicted molar refractivity (Wildman–Crippen MR) is 71.2 cm³/mol. The fourth-order valence-electron chi connectivity index (χ4n) is 1.53. The third-order valence-electron chi connectivity index (χ3n) is 3.34. The summed E-state index contributed by atoms with van der Waals surface area (Å²) in [6, 6.07) is -0.609. The van der Waals surface area contributed by atoms with Crippen LogP contribution in [0.15, 0.2) is 12.2 Å². The molecule has 2 heterocycles. The maximum atomic E-state index is 8.27. The van der Waals surface area contributed by atoms with Gasteiger partial charge in [0, 0.05) is 21.3 Å². The minimum absolute atomic E-state index is 0.187. The quantitative estimate of drug-likeness (QED) is 0.756. The van der Waals surface area contributed by atoms with Gasteiger partial charge in [0.25, 0.3) is 0 Å². The van der Waals surface area contributed by atoms with Crippen molar-refractivity contribution in [1.29, 1.82) is 0 Å². The molecule has 2 rings (SSSR count). The van der Waals surface area contributed by atoms with Crippen LogP contribution in [-0.2, 0) is 9.31 Å². The first kappa shape index (κ1) is 6.39. The minimum Gasteiger partial charge on any atom is -0.481 e. The molecule has 0 unspecified atom stereocenters. The second-order valence-corrected chi connectivity index (χ2v) is 5.13. The van der Waals surface area contributed by atoms with E-state index in [1.165, 1.54) is 0 Å². The molecule has 0 bridgehead atoms. The third-order valence-corrected chi connectivity index (χ3v) is 3.34. The molecular weight excluding hydrogens is 229 g/mol. The third kappa shape index (κ3) is 2.13. The van der Waals surface area contributed by atoms with E-state index < -0.39 is 55.9 Å². The fraction of sp³-hybridized carbons (Fsp3) is 0.615. The van der Waals surface area contributed by atoms with Crippen LogP contribution >= 0.6 is 0 Å². The van der Waals surface area contributed by atoms with Gasteiger partial charge in [-0.25, -0.2) is 4.98 Å². The molecule has 1 saturated heterocycles. The van der Waals surface area contributed by atoms with Crippen molar-refractivity contribution in [2.75, 3.05) is 7.04 Å². The van der Waals surface area contributed by atoms with Gasteiger partial charge in [0.15, 0.2) is 0 Å². The second-order valence-electron chi connectivity index (χ2n) is 5.13. The Morgan fingerprint density at radius 2 is 2.00 bits per heavy atom. The van der Waals surface area contributed by atoms with Crippen molar-refractivity contribution >= 4 is 12.6 Å². The van der Waals surface area contributed by atoms with Crippen LogP contribution in [0.1, 0.15) is 44.2 Å². The second kappa shape index (κ2) is 4.25. The number of methoxy groups -OCH3 is 1. The number of hydrogen-bond acceptors (Lipinski definition) is 4. The molecule has 98 valence electrons. The fourth-order valence-corrected chi connectivity index (χ4v) is 1.53. The zero-order valence-corrected chi connectivity index (χ0v) is 10.7. The Hall–Kier alpha value is -1.07. The summed E-state index contributed by atoms with van der Waals surface area (Å²) in [5.74, 6) is -0.791. The molecule has 1 aliphatic heterocycles. The van der Waals surface area contributed by atoms with Crippen LogP contribution in [0.25, 0.3) is 0 Å². The minimum atomic E-state index is -2.97. The summed E-state index contributed by atoms with van der Waals surface area (Å²) in [5, 5.41) is 0. The molecule has 1 aromatic rings. The molecule has 0 amide bonds. The molecule has 0 atom stereocenters. The van der Waals surface area contributed by atoms with Gasteiger partial charge in [-0.2, -0.15) is 0 Å². The van der Waals surface area contributed by atoms with Crippen LogP contribution in [0.2, 0.25) is 0 Å². The van der Waals surface area contributed by atoms with Crippen molar-refractivity contribution in [3.8, 4) is 5.88 Å². The highest BCUT2D eigenvalue weighted by molar-refractivity contribution is 6.62. The number of nitrogens with zero attached hydrogens (tertiary/aromatic N) is 1. The molecule has 0 aliphatic carbocycles. The monoisotopic (exact) mass is 257 g/mol. The van der Waals surface area contributed by atoms with Gasteiger partial charge >= 0.3 is 7.12 Å². The zero-order valence-electron chi connectivity index (χ0n) is 18.7. The predicted octanol–water partition coefficient (Wildman–Crippen LogP) is 1.70. The number of pyridine rings is 1. The number of hydrogen-bond donors (Lipinski definition) is 0. The Labute approximate surface area is 120 Å². The number of rotatable bonds is 2. The molecule has 0 spiro atoms. The van der Waals surface area contributed by atoms with Crippen molar-refractivity contribution < 1.29 is 25.0 Å². The van der Waals surface area contributed by atoms with E-state index in [-0.39, 0.29) is 5.46 Å². The van der Waals surface area contributed by atoms with Crippen LogP contribution in [0.5, 0.6) is 5.88 Å². The summed E-state index contributed by atoms with van der Waals surface area (Å²) < 4.78 is 76.8. The molecule has 5 heteroatoms. The maximum Gasteiger partial charge on any atom is 0.496 e. The van der Waals surface area contributed by atoms with Crippen molar-refractivity contribution in [1.82, 2.24) is 4.98 Å². The van der Waals surface area contributed by atoms with Crippen molar-refractivity contribution in [3.05, 3.63) is 17.8 Å². The van der Waals surface area contributed by atoms with Crippen LogP contribution < -0.4 is 10.2 Å². The molecule has 0 N–H and O–H groups in total. The summed E-state index contributed by atoms with van der Waals surface area (Å²) in [5.41, 5.74) is -2.43. The normalized spacial score (nSPS) is 29.0. The summed E-state index contributed by atoms with van der Waals surface area (Å²) in [7, 11) is -4.16. The van der Waals surface area contributed by atoms with Gasteiger partial charge in [-0.05, 0) is 34.5 Å². The van der Waals surface area contributed by atoms with Gasteiger partial charge in [0.05, 0.1) is 25.1 Å². The van der Waals surface area contributed by atoms with Crippen LogP contribution in [0, 0.1) is 6.85 Å². The Balaban J connectivity index is 2.64. The lowest BCUT2D eigenvalue weighted by Gasteiger charge is -2.32. The topological polar surface area (TPSA) is 40.6 Å². The maximum absolute atomic E-state index is 8.27. The average molecular weight is 257 g/mol. The highest BCUT2D eigenvalue weighted by Gasteiger charge is 2.51. The molecule has 4 nitrogen and oxygen atoms in total. The van der Waals surface area contributed by atoms with Gasteiger partial charge < -0.3 is 14.0 Å². The smallest absolute Gasteiger partial charge is 0.481 e. The van der Waals surface area contributed by atoms with Crippen molar-refractivity contribution in [2.24, 2.45) is 0 Å². The molecule has 0 aromatic carbocycles. The number of aromatic nitrogens is 1. The van der Waals surface area contributed by atoms with E-state index in [9.17, 15) is 0 Å². The van der Waals surface area contributed by atoms with Crippen LogP contribution in [0.3, 0.4) is 0 Å². The first-order chi connectivity index (χ1) is 11.5. The highest BCUT2D eigenvalue weighted by atomic mass is 16.7. The summed E-state index contributed by atoms with van der Waals surface area (Å²) in [6.45, 7) is 4.19. The van der Waals surface area contributed by atoms with E-state index in [4.69, 9.17) is 20.3 Å². The average Bonchev–Trinajstić information content (AvgIpc) is 2.52. The molecule has 1 aromatic heterocycles. The van der Waals surface area contributed by atoms with Crippen molar-refractivity contribution in [2.45, 2.75) is 45.7 Å². The molecule has 0 saturated carbocycles. The Bertz CT molecular complexity index is 701. The van der Waals surface area contributed by atoms with E-state index in [1.54, 1.807) is 27.7 Å². The summed E-state index contributed by atoms with van der Waals surface area (Å²) in [4.78, 5) is 3.67. The van der Waals surface area contributed by atoms with E-state index in [0.29, 0.717) is 0 Å². The molecule has 1 fully saturated rings. The lowest BCUT2D eigenvalue weighted by Crippen LogP contribution is -2.41. The van der Waals surface area contributed by atoms with Gasteiger partial charge in [-0.3, -0.25) is 0 Å². The Morgan fingerprint density at radius 3 is 2.56 bits per heavy atom. The standard InChI is InChI=1S/C13H20BNO3/c1-9-7-10(8-15-11(9)16-6)14-17-12(2,3)13(4,5)18-14/h7-8H,1-6H3/i1D3,6D3,7D,8D. The molecule has 0 radical (unpaired) electrons. The SMILES string of the molecule is [2H]c1nc(OC([2H])([2H])[2H])c(C([2H])([2H])[2H])c([2H])c1B1OC(C)(C)C(C)(C)O1. The molecule has 18 heavy (non-hydrogen) atoms. The van der Waals surface area contributed by atoms with E-state index >= 15 is 0 Å². The first-order valence-electron chi connectivity index (χ1n) is 9.52. The van der Waals surface area contributed by atoms with Gasteiger partial charge in [-0.15, -0.1) is 0 Å². The zero-order chi connectivity index (χ0) is 20.3. The van der Waals surface area contributed by atoms with Gasteiger partial charge in [0.2, 0.25) is 5.88 Å². The summed E-state index contributed by atoms with van der Waals surface area (Å²) in [6.07, 6.45) is -0.541. The van der Waals surface area contributed by atoms with E-state index in [1.807, 2.05) is 0 Å². The lowest BCUT2D eigenvalue weighted by atomic mass is 9.80. The van der Waals surface area contributed by atoms with Crippen molar-refractivity contribution in [3.63, 3.8) is 0 Å². The molecular formula is C13H20BNO3. The van der Waals surface area contributed by atoms with E-state index in [2.05, 4.69) is 9.72 Å². The highest BCUT2D eigenvalue weighted by Crippen LogP contribution is 2.36. The Kier molecular flexibility index (Phi) is 1.51. The number of ether oxygens (including phenoxy) is 1.